The van der Waals surface area contributed by atoms with Crippen LogP contribution in [0.15, 0.2) is 49.1 Å². The summed E-state index contributed by atoms with van der Waals surface area (Å²) >= 11 is 0. The van der Waals surface area contributed by atoms with Gasteiger partial charge in [0, 0.05) is 30.2 Å². The monoisotopic (exact) mass is 212 g/mol. The molecule has 0 unspecified atom stereocenters. The van der Waals surface area contributed by atoms with Gasteiger partial charge < -0.3 is 4.57 Å². The summed E-state index contributed by atoms with van der Waals surface area (Å²) < 4.78 is 1.73. The van der Waals surface area contributed by atoms with Crippen LogP contribution in [0.5, 0.6) is 0 Å². The van der Waals surface area contributed by atoms with Crippen molar-refractivity contribution in [3.05, 3.63) is 60.2 Å². The van der Waals surface area contributed by atoms with Crippen LogP contribution in [0, 0.1) is 6.92 Å². The molecule has 0 atom stereocenters. The lowest BCUT2D eigenvalue weighted by atomic mass is 10.1. The number of rotatable bonds is 3. The lowest BCUT2D eigenvalue weighted by molar-refractivity contribution is 0.104. The molecule has 1 heterocycles. The highest BCUT2D eigenvalue weighted by Gasteiger charge is 1.99. The van der Waals surface area contributed by atoms with Crippen molar-refractivity contribution in [2.24, 2.45) is 0 Å². The topological polar surface area (TPSA) is 34.9 Å². The Hall–Kier alpha value is -2.16. The van der Waals surface area contributed by atoms with Crippen LogP contribution in [0.3, 0.4) is 0 Å². The molecule has 0 spiro atoms. The fraction of sp³-hybridized carbons (Fsp3) is 0.0769. The van der Waals surface area contributed by atoms with Crippen LogP contribution in [0.1, 0.15) is 15.9 Å². The summed E-state index contributed by atoms with van der Waals surface area (Å²) in [5, 5.41) is 0. The third-order valence-electron chi connectivity index (χ3n) is 2.26. The number of carbonyl (C=O) groups excluding carboxylic acids is 1. The van der Waals surface area contributed by atoms with E-state index < -0.39 is 0 Å². The zero-order chi connectivity index (χ0) is 11.4. The molecule has 0 aliphatic heterocycles. The minimum atomic E-state index is -0.00583. The molecule has 0 saturated carbocycles. The fourth-order valence-corrected chi connectivity index (χ4v) is 1.33. The van der Waals surface area contributed by atoms with E-state index in [1.165, 1.54) is 6.08 Å². The van der Waals surface area contributed by atoms with Crippen molar-refractivity contribution in [3.63, 3.8) is 0 Å². The summed E-state index contributed by atoms with van der Waals surface area (Å²) in [6.45, 7) is 2.00. The van der Waals surface area contributed by atoms with Crippen molar-refractivity contribution in [3.8, 4) is 0 Å². The van der Waals surface area contributed by atoms with Crippen molar-refractivity contribution >= 4 is 12.0 Å². The molecule has 0 bridgehead atoms. The molecule has 0 amide bonds. The predicted molar refractivity (Wildman–Crippen MR) is 63.1 cm³/mol. The molecule has 1 aromatic heterocycles. The molecule has 0 N–H and O–H groups in total. The lowest BCUT2D eigenvalue weighted by Gasteiger charge is -1.96. The number of nitrogens with zero attached hydrogens (tertiary/aromatic N) is 2. The molecule has 3 heteroatoms. The summed E-state index contributed by atoms with van der Waals surface area (Å²) in [4.78, 5) is 15.6. The van der Waals surface area contributed by atoms with Gasteiger partial charge in [0.25, 0.3) is 0 Å². The van der Waals surface area contributed by atoms with Gasteiger partial charge in [0.2, 0.25) is 0 Å². The van der Waals surface area contributed by atoms with Gasteiger partial charge in [0.1, 0.15) is 0 Å². The van der Waals surface area contributed by atoms with Crippen LogP contribution in [0.2, 0.25) is 0 Å². The second kappa shape index (κ2) is 4.57. The first-order chi connectivity index (χ1) is 7.75. The van der Waals surface area contributed by atoms with Crippen molar-refractivity contribution in [2.75, 3.05) is 0 Å². The number of imidazole rings is 1. The molecule has 0 radical (unpaired) electrons. The Morgan fingerprint density at radius 3 is 2.69 bits per heavy atom. The molecule has 16 heavy (non-hydrogen) atoms. The number of aromatic nitrogens is 2. The van der Waals surface area contributed by atoms with Crippen LogP contribution in [-0.4, -0.2) is 15.3 Å². The third kappa shape index (κ3) is 2.45. The molecule has 0 saturated heterocycles. The third-order valence-corrected chi connectivity index (χ3v) is 2.26. The Bertz CT molecular complexity index is 495. The molecule has 0 aliphatic carbocycles. The first kappa shape index (κ1) is 10.4. The Balaban J connectivity index is 2.11. The molecule has 0 fully saturated rings. The van der Waals surface area contributed by atoms with E-state index >= 15 is 0 Å². The minimum Gasteiger partial charge on any atom is -0.313 e. The normalized spacial score (nSPS) is 10.8. The number of hydrogen-bond acceptors (Lipinski definition) is 2. The van der Waals surface area contributed by atoms with E-state index in [4.69, 9.17) is 0 Å². The van der Waals surface area contributed by atoms with Crippen LogP contribution < -0.4 is 0 Å². The molecule has 2 aromatic rings. The molecule has 1 aromatic carbocycles. The lowest BCUT2D eigenvalue weighted by Crippen LogP contribution is -1.94. The summed E-state index contributed by atoms with van der Waals surface area (Å²) in [6, 6.07) is 7.52. The molecule has 80 valence electrons. The van der Waals surface area contributed by atoms with Gasteiger partial charge in [-0.2, -0.15) is 0 Å². The summed E-state index contributed by atoms with van der Waals surface area (Å²) in [7, 11) is 0. The molecular formula is C13H12N2O. The number of allylic oxidation sites excluding steroid dienone is 1. The maximum Gasteiger partial charge on any atom is 0.187 e. The van der Waals surface area contributed by atoms with Crippen molar-refractivity contribution in [1.82, 2.24) is 9.55 Å². The van der Waals surface area contributed by atoms with Gasteiger partial charge in [-0.3, -0.25) is 4.79 Å². The second-order valence-electron chi connectivity index (χ2n) is 3.56. The maximum atomic E-state index is 11.7. The first-order valence-corrected chi connectivity index (χ1v) is 5.02. The molecule has 2 rings (SSSR count). The fourth-order valence-electron chi connectivity index (χ4n) is 1.33. The van der Waals surface area contributed by atoms with E-state index in [0.29, 0.717) is 5.56 Å². The van der Waals surface area contributed by atoms with E-state index in [-0.39, 0.29) is 5.78 Å². The van der Waals surface area contributed by atoms with E-state index in [1.807, 2.05) is 31.2 Å². The average molecular weight is 212 g/mol. The van der Waals surface area contributed by atoms with Gasteiger partial charge in [-0.25, -0.2) is 4.98 Å². The summed E-state index contributed by atoms with van der Waals surface area (Å²) in [5.41, 5.74) is 1.84. The minimum absolute atomic E-state index is 0.00583. The van der Waals surface area contributed by atoms with E-state index in [0.717, 1.165) is 5.56 Å². The standard InChI is InChI=1S/C13H12N2O/c1-11-2-4-12(5-3-11)13(16)6-8-15-9-7-14-10-15/h2-10H,1H3/b8-6+. The SMILES string of the molecule is Cc1ccc(C(=O)/C=C/n2ccnc2)cc1. The molecular weight excluding hydrogens is 200 g/mol. The number of benzene rings is 1. The van der Waals surface area contributed by atoms with Gasteiger partial charge in [-0.1, -0.05) is 29.8 Å². The van der Waals surface area contributed by atoms with Crippen LogP contribution >= 0.6 is 0 Å². The van der Waals surface area contributed by atoms with Gasteiger partial charge >= 0.3 is 0 Å². The molecule has 3 nitrogen and oxygen atoms in total. The van der Waals surface area contributed by atoms with Crippen molar-refractivity contribution in [1.29, 1.82) is 0 Å². The number of carbonyl (C=O) groups is 1. The quantitative estimate of drug-likeness (QED) is 0.579. The highest BCUT2D eigenvalue weighted by Crippen LogP contribution is 2.05. The average Bonchev–Trinajstić information content (AvgIpc) is 2.80. The Morgan fingerprint density at radius 1 is 1.31 bits per heavy atom. The number of hydrogen-bond donors (Lipinski definition) is 0. The van der Waals surface area contributed by atoms with Gasteiger partial charge in [-0.15, -0.1) is 0 Å². The van der Waals surface area contributed by atoms with Crippen LogP contribution in [0.4, 0.5) is 0 Å². The van der Waals surface area contributed by atoms with Crippen LogP contribution in [0.25, 0.3) is 6.20 Å². The van der Waals surface area contributed by atoms with Gasteiger partial charge in [0.15, 0.2) is 5.78 Å². The largest absolute Gasteiger partial charge is 0.313 e. The zero-order valence-electron chi connectivity index (χ0n) is 9.00. The Labute approximate surface area is 94.1 Å². The summed E-state index contributed by atoms with van der Waals surface area (Å²) in [5.74, 6) is -0.00583. The van der Waals surface area contributed by atoms with Gasteiger partial charge in [0.05, 0.1) is 6.33 Å². The second-order valence-corrected chi connectivity index (χ2v) is 3.56. The van der Waals surface area contributed by atoms with Crippen molar-refractivity contribution < 1.29 is 4.79 Å². The maximum absolute atomic E-state index is 11.7. The Kier molecular flexibility index (Phi) is 2.96. The van der Waals surface area contributed by atoms with Crippen molar-refractivity contribution in [2.45, 2.75) is 6.92 Å². The highest BCUT2D eigenvalue weighted by molar-refractivity contribution is 6.06. The highest BCUT2D eigenvalue weighted by atomic mass is 16.1. The van der Waals surface area contributed by atoms with Gasteiger partial charge in [-0.05, 0) is 6.92 Å². The predicted octanol–water partition coefficient (Wildman–Crippen LogP) is 2.55. The van der Waals surface area contributed by atoms with E-state index in [2.05, 4.69) is 4.98 Å². The number of ketones is 1. The van der Waals surface area contributed by atoms with E-state index in [1.54, 1.807) is 29.5 Å². The first-order valence-electron chi connectivity index (χ1n) is 5.02. The zero-order valence-corrected chi connectivity index (χ0v) is 9.00. The smallest absolute Gasteiger partial charge is 0.187 e. The molecule has 0 aliphatic rings. The number of aryl methyl sites for hydroxylation is 1. The summed E-state index contributed by atoms with van der Waals surface area (Å²) in [6.07, 6.45) is 8.31. The van der Waals surface area contributed by atoms with Crippen LogP contribution in [-0.2, 0) is 0 Å². The Morgan fingerprint density at radius 2 is 2.06 bits per heavy atom. The van der Waals surface area contributed by atoms with E-state index in [9.17, 15) is 4.79 Å².